The first-order valence-electron chi connectivity index (χ1n) is 11.2. The minimum Gasteiger partial charge on any atom is -0.352 e. The molecule has 0 radical (unpaired) electrons. The molecule has 2 aromatic heterocycles. The summed E-state index contributed by atoms with van der Waals surface area (Å²) in [5.74, 6) is -3.00. The van der Waals surface area contributed by atoms with Crippen LogP contribution in [0.1, 0.15) is 25.3 Å². The Kier molecular flexibility index (Phi) is 5.44. The summed E-state index contributed by atoms with van der Waals surface area (Å²) >= 11 is 0. The largest absolute Gasteiger partial charge is 0.352 e. The molecule has 178 valence electrons. The van der Waals surface area contributed by atoms with Crippen LogP contribution >= 0.6 is 0 Å². The predicted molar refractivity (Wildman–Crippen MR) is 116 cm³/mol. The molecule has 12 heteroatoms. The maximum Gasteiger partial charge on any atom is 0.329 e. The number of pyridine rings is 1. The predicted octanol–water partition coefficient (Wildman–Crippen LogP) is -0.168. The average Bonchev–Trinajstić information content (AvgIpc) is 3.04. The Morgan fingerprint density at radius 3 is 2.58 bits per heavy atom. The normalized spacial score (nSPS) is 26.6. The Hall–Kier alpha value is -2.86. The molecule has 33 heavy (non-hydrogen) atoms. The number of amides is 2. The number of hydrogen-bond acceptors (Lipinski definition) is 7. The number of aromatic nitrogens is 3. The summed E-state index contributed by atoms with van der Waals surface area (Å²) in [6, 6.07) is 0.145. The number of piperazine rings is 1. The quantitative estimate of drug-likeness (QED) is 0.610. The molecule has 2 amide bonds. The molecule has 3 saturated heterocycles. The van der Waals surface area contributed by atoms with Gasteiger partial charge in [0.05, 0.1) is 18.1 Å². The third kappa shape index (κ3) is 3.70. The molecule has 2 atom stereocenters. The molecule has 5 heterocycles. The van der Waals surface area contributed by atoms with E-state index < -0.39 is 23.9 Å². The van der Waals surface area contributed by atoms with Gasteiger partial charge in [0.15, 0.2) is 5.82 Å². The molecule has 0 saturated carbocycles. The molecule has 0 aromatic carbocycles. The zero-order valence-corrected chi connectivity index (χ0v) is 18.4. The SMILES string of the molecule is Cn1c(=O)n(C2CCC(=O)NC2=O)c2ccnc(N3CCN([C@H]4CCNCC4(F)F)CC3)c21. The summed E-state index contributed by atoms with van der Waals surface area (Å²) < 4.78 is 31.7. The fourth-order valence-electron chi connectivity index (χ4n) is 5.29. The van der Waals surface area contributed by atoms with Crippen LogP contribution in [0.3, 0.4) is 0 Å². The van der Waals surface area contributed by atoms with Crippen molar-refractivity contribution in [2.24, 2.45) is 7.05 Å². The molecule has 3 aliphatic heterocycles. The number of piperidine rings is 2. The van der Waals surface area contributed by atoms with Gasteiger partial charge in [-0.05, 0) is 25.5 Å². The number of nitrogens with one attached hydrogen (secondary N) is 2. The van der Waals surface area contributed by atoms with Crippen LogP contribution in [-0.2, 0) is 16.6 Å². The van der Waals surface area contributed by atoms with Crippen molar-refractivity contribution in [2.45, 2.75) is 37.3 Å². The molecule has 10 nitrogen and oxygen atoms in total. The minimum absolute atomic E-state index is 0.167. The number of carbonyl (C=O) groups excluding carboxylic acids is 2. The molecule has 2 aromatic rings. The topological polar surface area (TPSA) is 104 Å². The molecule has 2 N–H and O–H groups in total. The molecule has 5 rings (SSSR count). The highest BCUT2D eigenvalue weighted by atomic mass is 19.3. The van der Waals surface area contributed by atoms with Gasteiger partial charge in [0.2, 0.25) is 11.8 Å². The van der Waals surface area contributed by atoms with E-state index in [1.807, 2.05) is 9.80 Å². The van der Waals surface area contributed by atoms with Crippen molar-refractivity contribution in [3.63, 3.8) is 0 Å². The van der Waals surface area contributed by atoms with Gasteiger partial charge in [0.1, 0.15) is 11.6 Å². The van der Waals surface area contributed by atoms with Gasteiger partial charge in [0.25, 0.3) is 5.92 Å². The summed E-state index contributed by atoms with van der Waals surface area (Å²) in [6.45, 7) is 2.24. The molecule has 3 fully saturated rings. The van der Waals surface area contributed by atoms with E-state index in [1.165, 1.54) is 9.13 Å². The van der Waals surface area contributed by atoms with Crippen molar-refractivity contribution < 1.29 is 18.4 Å². The highest BCUT2D eigenvalue weighted by molar-refractivity contribution is 6.00. The number of halogens is 2. The lowest BCUT2D eigenvalue weighted by Crippen LogP contribution is -2.61. The van der Waals surface area contributed by atoms with Gasteiger partial charge in [-0.1, -0.05) is 0 Å². The Balaban J connectivity index is 1.43. The number of nitrogens with zero attached hydrogens (tertiary/aromatic N) is 5. The number of rotatable bonds is 3. The Labute approximate surface area is 188 Å². The summed E-state index contributed by atoms with van der Waals surface area (Å²) in [5.41, 5.74) is 0.795. The van der Waals surface area contributed by atoms with E-state index >= 15 is 0 Å². The van der Waals surface area contributed by atoms with Crippen molar-refractivity contribution in [1.29, 1.82) is 0 Å². The number of hydrogen-bond donors (Lipinski definition) is 2. The molecule has 0 aliphatic carbocycles. The third-order valence-corrected chi connectivity index (χ3v) is 6.99. The van der Waals surface area contributed by atoms with Crippen molar-refractivity contribution in [2.75, 3.05) is 44.2 Å². The maximum atomic E-state index is 14.4. The standard InChI is InChI=1S/C21H27F2N7O3/c1-27-17-13(30(20(27)33)14-2-3-16(31)26-19(14)32)4-7-25-18(17)29-10-8-28(9-11-29)15-5-6-24-12-21(15,22)23/h4,7,14-15,24H,2-3,5-6,8-12H2,1H3,(H,26,31,32)/t14?,15-/m0/s1. The summed E-state index contributed by atoms with van der Waals surface area (Å²) in [5, 5.41) is 5.07. The van der Waals surface area contributed by atoms with Gasteiger partial charge >= 0.3 is 5.69 Å². The Morgan fingerprint density at radius 1 is 1.12 bits per heavy atom. The number of imide groups is 1. The first-order chi connectivity index (χ1) is 15.8. The second-order valence-corrected chi connectivity index (χ2v) is 8.95. The third-order valence-electron chi connectivity index (χ3n) is 6.99. The fourth-order valence-corrected chi connectivity index (χ4v) is 5.29. The minimum atomic E-state index is -2.76. The smallest absolute Gasteiger partial charge is 0.329 e. The molecule has 0 bridgehead atoms. The van der Waals surface area contributed by atoms with Crippen LogP contribution in [-0.4, -0.2) is 82.1 Å². The van der Waals surface area contributed by atoms with E-state index in [0.717, 1.165) is 0 Å². The van der Waals surface area contributed by atoms with Gasteiger partial charge < -0.3 is 10.2 Å². The Morgan fingerprint density at radius 2 is 1.88 bits per heavy atom. The van der Waals surface area contributed by atoms with E-state index in [9.17, 15) is 23.2 Å². The molecular formula is C21H27F2N7O3. The van der Waals surface area contributed by atoms with Gasteiger partial charge in [0, 0.05) is 45.8 Å². The van der Waals surface area contributed by atoms with Crippen LogP contribution in [0.25, 0.3) is 11.0 Å². The molecule has 1 unspecified atom stereocenters. The highest BCUT2D eigenvalue weighted by Gasteiger charge is 2.45. The number of imidazole rings is 1. The van der Waals surface area contributed by atoms with Crippen LogP contribution in [0.5, 0.6) is 0 Å². The second-order valence-electron chi connectivity index (χ2n) is 8.95. The second kappa shape index (κ2) is 8.17. The summed E-state index contributed by atoms with van der Waals surface area (Å²) in [6.07, 6.45) is 2.42. The van der Waals surface area contributed by atoms with Crippen molar-refractivity contribution in [3.05, 3.63) is 22.7 Å². The summed E-state index contributed by atoms with van der Waals surface area (Å²) in [7, 11) is 1.63. The number of aryl methyl sites for hydroxylation is 1. The maximum absolute atomic E-state index is 14.4. The van der Waals surface area contributed by atoms with Crippen molar-refractivity contribution in [3.8, 4) is 0 Å². The lowest BCUT2D eigenvalue weighted by Gasteiger charge is -2.44. The number of carbonyl (C=O) groups is 2. The first kappa shape index (κ1) is 22.0. The average molecular weight is 463 g/mol. The van der Waals surface area contributed by atoms with E-state index in [4.69, 9.17) is 0 Å². The van der Waals surface area contributed by atoms with Gasteiger partial charge in [-0.3, -0.25) is 28.9 Å². The van der Waals surface area contributed by atoms with E-state index in [2.05, 4.69) is 15.6 Å². The van der Waals surface area contributed by atoms with Crippen molar-refractivity contribution in [1.82, 2.24) is 29.7 Å². The summed E-state index contributed by atoms with van der Waals surface area (Å²) in [4.78, 5) is 45.5. The number of alkyl halides is 2. The molecule has 3 aliphatic rings. The fraction of sp³-hybridized carbons (Fsp3) is 0.619. The molecular weight excluding hydrogens is 436 g/mol. The van der Waals surface area contributed by atoms with Crippen LogP contribution < -0.4 is 21.2 Å². The van der Waals surface area contributed by atoms with Gasteiger partial charge in [-0.15, -0.1) is 0 Å². The van der Waals surface area contributed by atoms with Gasteiger partial charge in [-0.25, -0.2) is 18.6 Å². The zero-order chi connectivity index (χ0) is 23.3. The lowest BCUT2D eigenvalue weighted by atomic mass is 9.99. The monoisotopic (exact) mass is 463 g/mol. The number of fused-ring (bicyclic) bond motifs is 1. The van der Waals surface area contributed by atoms with E-state index in [-0.39, 0.29) is 31.0 Å². The van der Waals surface area contributed by atoms with E-state index in [0.29, 0.717) is 56.0 Å². The number of anilines is 1. The lowest BCUT2D eigenvalue weighted by molar-refractivity contribution is -0.135. The van der Waals surface area contributed by atoms with Gasteiger partial charge in [-0.2, -0.15) is 0 Å². The van der Waals surface area contributed by atoms with Crippen LogP contribution in [0.2, 0.25) is 0 Å². The van der Waals surface area contributed by atoms with Crippen LogP contribution in [0, 0.1) is 0 Å². The van der Waals surface area contributed by atoms with E-state index in [1.54, 1.807) is 19.3 Å². The Bertz CT molecular complexity index is 1150. The molecule has 0 spiro atoms. The van der Waals surface area contributed by atoms with Crippen molar-refractivity contribution >= 4 is 28.7 Å². The first-order valence-corrected chi connectivity index (χ1v) is 11.2. The zero-order valence-electron chi connectivity index (χ0n) is 18.4. The van der Waals surface area contributed by atoms with Crippen LogP contribution in [0.15, 0.2) is 17.1 Å². The highest BCUT2D eigenvalue weighted by Crippen LogP contribution is 2.31. The van der Waals surface area contributed by atoms with Crippen LogP contribution in [0.4, 0.5) is 14.6 Å².